The Hall–Kier alpha value is -3.05. The van der Waals surface area contributed by atoms with E-state index in [1.165, 1.54) is 23.9 Å². The number of halogens is 3. The van der Waals surface area contributed by atoms with Crippen LogP contribution in [-0.2, 0) is 11.3 Å². The predicted octanol–water partition coefficient (Wildman–Crippen LogP) is 4.60. The van der Waals surface area contributed by atoms with Crippen molar-refractivity contribution in [2.45, 2.75) is 45.5 Å². The SMILES string of the molecule is Cc1cnc(/C(=C\C(=O)NC[C@H](C)N(C)Cc2ccc(-c3ncn[nH]3)cc2)C2(C(F)(F)F)CC2)s1. The van der Waals surface area contributed by atoms with Gasteiger partial charge in [0.1, 0.15) is 11.3 Å². The summed E-state index contributed by atoms with van der Waals surface area (Å²) in [5, 5.41) is 9.70. The second-order valence-corrected chi connectivity index (χ2v) is 10.2. The zero-order valence-corrected chi connectivity index (χ0v) is 20.5. The fraction of sp³-hybridized carbons (Fsp3) is 0.417. The minimum absolute atomic E-state index is 0.0252. The van der Waals surface area contributed by atoms with E-state index in [9.17, 15) is 18.0 Å². The average molecular weight is 505 g/mol. The number of aryl methyl sites for hydroxylation is 1. The zero-order valence-electron chi connectivity index (χ0n) is 19.7. The third-order valence-electron chi connectivity index (χ3n) is 6.33. The summed E-state index contributed by atoms with van der Waals surface area (Å²) < 4.78 is 41.4. The number of H-pyrrole nitrogens is 1. The van der Waals surface area contributed by atoms with Gasteiger partial charge in [-0.3, -0.25) is 14.8 Å². The number of nitrogens with zero attached hydrogens (tertiary/aromatic N) is 4. The van der Waals surface area contributed by atoms with Gasteiger partial charge in [-0.1, -0.05) is 24.3 Å². The maximum Gasteiger partial charge on any atom is 0.398 e. The molecule has 0 bridgehead atoms. The standard InChI is InChI=1S/C24H27F3N6OS/c1-15(33(3)13-17-4-6-18(7-5-17)21-30-14-31-32-21)11-28-20(34)10-19(22-29-12-16(2)35-22)23(8-9-23)24(25,26)27/h4-7,10,12,14-15H,8-9,11,13H2,1-3H3,(H,28,34)(H,30,31,32)/b19-10+/t15-/m0/s1. The van der Waals surface area contributed by atoms with Gasteiger partial charge < -0.3 is 5.32 Å². The molecule has 2 heterocycles. The molecule has 2 aromatic heterocycles. The fourth-order valence-electron chi connectivity index (χ4n) is 3.86. The molecule has 0 aliphatic heterocycles. The van der Waals surface area contributed by atoms with Crippen LogP contribution in [0.25, 0.3) is 17.0 Å². The molecular weight excluding hydrogens is 477 g/mol. The molecule has 11 heteroatoms. The van der Waals surface area contributed by atoms with Crippen LogP contribution in [0.4, 0.5) is 13.2 Å². The number of amides is 1. The van der Waals surface area contributed by atoms with Crippen LogP contribution in [0.1, 0.15) is 35.2 Å². The monoisotopic (exact) mass is 504 g/mol. The Labute approximate surface area is 205 Å². The van der Waals surface area contributed by atoms with Crippen molar-refractivity contribution >= 4 is 22.8 Å². The van der Waals surface area contributed by atoms with E-state index in [0.29, 0.717) is 18.9 Å². The van der Waals surface area contributed by atoms with Crippen LogP contribution in [0.5, 0.6) is 0 Å². The lowest BCUT2D eigenvalue weighted by Crippen LogP contribution is -2.39. The van der Waals surface area contributed by atoms with Crippen molar-refractivity contribution in [3.05, 3.63) is 58.3 Å². The van der Waals surface area contributed by atoms with Crippen LogP contribution in [0, 0.1) is 12.3 Å². The minimum Gasteiger partial charge on any atom is -0.351 e. The minimum atomic E-state index is -4.42. The number of allylic oxidation sites excluding steroid dienone is 1. The highest BCUT2D eigenvalue weighted by Crippen LogP contribution is 2.65. The first-order chi connectivity index (χ1) is 16.6. The van der Waals surface area contributed by atoms with Crippen LogP contribution < -0.4 is 5.32 Å². The highest BCUT2D eigenvalue weighted by Gasteiger charge is 2.66. The largest absolute Gasteiger partial charge is 0.398 e. The summed E-state index contributed by atoms with van der Waals surface area (Å²) in [7, 11) is 1.93. The topological polar surface area (TPSA) is 86.8 Å². The van der Waals surface area contributed by atoms with Crippen LogP contribution in [0.15, 0.2) is 42.9 Å². The normalized spacial score (nSPS) is 16.4. The molecule has 0 unspecified atom stereocenters. The summed E-state index contributed by atoms with van der Waals surface area (Å²) in [6.07, 6.45) is -0.391. The van der Waals surface area contributed by atoms with Crippen molar-refractivity contribution in [3.63, 3.8) is 0 Å². The molecule has 35 heavy (non-hydrogen) atoms. The van der Waals surface area contributed by atoms with E-state index in [2.05, 4.69) is 30.4 Å². The number of hydrogen-bond donors (Lipinski definition) is 2. The number of thiazole rings is 1. The number of carbonyl (C=O) groups is 1. The Kier molecular flexibility index (Phi) is 7.09. The first kappa shape index (κ1) is 25.1. The van der Waals surface area contributed by atoms with E-state index in [1.54, 1.807) is 6.92 Å². The Bertz CT molecular complexity index is 1180. The molecule has 0 spiro atoms. The highest BCUT2D eigenvalue weighted by molar-refractivity contribution is 7.12. The first-order valence-corrected chi connectivity index (χ1v) is 12.1. The smallest absolute Gasteiger partial charge is 0.351 e. The number of nitrogens with one attached hydrogen (secondary N) is 2. The average Bonchev–Trinajstić information content (AvgIpc) is 3.23. The van der Waals surface area contributed by atoms with Crippen LogP contribution in [0.2, 0.25) is 0 Å². The molecule has 0 radical (unpaired) electrons. The molecule has 1 fully saturated rings. The molecule has 1 aromatic carbocycles. The van der Waals surface area contributed by atoms with Gasteiger partial charge in [-0.05, 0) is 39.3 Å². The van der Waals surface area contributed by atoms with E-state index in [-0.39, 0.29) is 29.5 Å². The lowest BCUT2D eigenvalue weighted by molar-refractivity contribution is -0.168. The number of aromatic nitrogens is 4. The van der Waals surface area contributed by atoms with E-state index in [4.69, 9.17) is 0 Å². The van der Waals surface area contributed by atoms with E-state index < -0.39 is 17.5 Å². The van der Waals surface area contributed by atoms with Gasteiger partial charge in [0, 0.05) is 47.4 Å². The third-order valence-corrected chi connectivity index (χ3v) is 7.28. The van der Waals surface area contributed by atoms with Gasteiger partial charge in [0.25, 0.3) is 0 Å². The molecule has 1 aliphatic rings. The van der Waals surface area contributed by atoms with Crippen LogP contribution in [-0.4, -0.2) is 56.8 Å². The molecule has 1 amide bonds. The zero-order chi connectivity index (χ0) is 25.2. The summed E-state index contributed by atoms with van der Waals surface area (Å²) in [6.45, 7) is 4.68. The number of alkyl halides is 3. The lowest BCUT2D eigenvalue weighted by atomic mass is 9.94. The molecule has 0 saturated heterocycles. The first-order valence-electron chi connectivity index (χ1n) is 11.2. The van der Waals surface area contributed by atoms with Gasteiger partial charge in [-0.25, -0.2) is 9.97 Å². The van der Waals surface area contributed by atoms with E-state index in [1.807, 2.05) is 38.2 Å². The van der Waals surface area contributed by atoms with Crippen molar-refractivity contribution < 1.29 is 18.0 Å². The van der Waals surface area contributed by atoms with Gasteiger partial charge in [0.2, 0.25) is 5.91 Å². The summed E-state index contributed by atoms with van der Waals surface area (Å²) in [4.78, 5) is 23.8. The second kappa shape index (κ2) is 9.90. The number of benzene rings is 1. The number of carbonyl (C=O) groups excluding carboxylic acids is 1. The Morgan fingerprint density at radius 2 is 2.00 bits per heavy atom. The van der Waals surface area contributed by atoms with Gasteiger partial charge in [-0.2, -0.15) is 18.3 Å². The maximum atomic E-state index is 13.8. The Morgan fingerprint density at radius 1 is 1.29 bits per heavy atom. The van der Waals surface area contributed by atoms with Crippen LogP contribution in [0.3, 0.4) is 0 Å². The summed E-state index contributed by atoms with van der Waals surface area (Å²) in [6, 6.07) is 7.87. The van der Waals surface area contributed by atoms with E-state index >= 15 is 0 Å². The number of rotatable bonds is 9. The third kappa shape index (κ3) is 5.62. The number of likely N-dealkylation sites (N-methyl/N-ethyl adjacent to an activating group) is 1. The summed E-state index contributed by atoms with van der Waals surface area (Å²) in [5.74, 6) is 0.153. The van der Waals surface area contributed by atoms with Crippen molar-refractivity contribution in [3.8, 4) is 11.4 Å². The Morgan fingerprint density at radius 3 is 2.54 bits per heavy atom. The quantitative estimate of drug-likeness (QED) is 0.416. The van der Waals surface area contributed by atoms with Gasteiger partial charge in [0.15, 0.2) is 5.82 Å². The molecule has 1 atom stereocenters. The highest BCUT2D eigenvalue weighted by atomic mass is 32.1. The maximum absolute atomic E-state index is 13.8. The second-order valence-electron chi connectivity index (χ2n) is 8.95. The van der Waals surface area contributed by atoms with Gasteiger partial charge in [-0.15, -0.1) is 11.3 Å². The molecular formula is C24H27F3N6OS. The molecule has 186 valence electrons. The van der Waals surface area contributed by atoms with Crippen molar-refractivity contribution in [1.29, 1.82) is 0 Å². The molecule has 1 aliphatic carbocycles. The Balaban J connectivity index is 1.37. The van der Waals surface area contributed by atoms with Crippen molar-refractivity contribution in [1.82, 2.24) is 30.4 Å². The van der Waals surface area contributed by atoms with Crippen LogP contribution >= 0.6 is 11.3 Å². The van der Waals surface area contributed by atoms with E-state index in [0.717, 1.165) is 22.1 Å². The van der Waals surface area contributed by atoms with Gasteiger partial charge in [0.05, 0.1) is 5.41 Å². The molecule has 1 saturated carbocycles. The summed E-state index contributed by atoms with van der Waals surface area (Å²) in [5.41, 5.74) is -0.00126. The fourth-order valence-corrected chi connectivity index (χ4v) is 4.74. The lowest BCUT2D eigenvalue weighted by Gasteiger charge is -2.25. The number of hydrogen-bond acceptors (Lipinski definition) is 6. The predicted molar refractivity (Wildman–Crippen MR) is 128 cm³/mol. The van der Waals surface area contributed by atoms with Crippen molar-refractivity contribution in [2.24, 2.45) is 5.41 Å². The molecule has 4 rings (SSSR count). The number of aromatic amines is 1. The molecule has 2 N–H and O–H groups in total. The molecule has 3 aromatic rings. The van der Waals surface area contributed by atoms with Gasteiger partial charge >= 0.3 is 6.18 Å². The molecule has 7 nitrogen and oxygen atoms in total. The van der Waals surface area contributed by atoms with Crippen molar-refractivity contribution in [2.75, 3.05) is 13.6 Å². The summed E-state index contributed by atoms with van der Waals surface area (Å²) >= 11 is 1.17.